The molecule has 0 bridgehead atoms. The van der Waals surface area contributed by atoms with Crippen molar-refractivity contribution in [1.29, 1.82) is 0 Å². The van der Waals surface area contributed by atoms with Crippen LogP contribution in [0.25, 0.3) is 16.2 Å². The summed E-state index contributed by atoms with van der Waals surface area (Å²) in [7, 11) is 0. The molecular formula is C18H21Cl2FN6OS. The monoisotopic (exact) mass is 458 g/mol. The highest BCUT2D eigenvalue weighted by Gasteiger charge is 2.48. The van der Waals surface area contributed by atoms with Crippen molar-refractivity contribution in [3.63, 3.8) is 0 Å². The van der Waals surface area contributed by atoms with Gasteiger partial charge < -0.3 is 15.5 Å². The van der Waals surface area contributed by atoms with Gasteiger partial charge in [-0.15, -0.1) is 29.9 Å². The molecule has 0 radical (unpaired) electrons. The van der Waals surface area contributed by atoms with E-state index in [0.29, 0.717) is 13.1 Å². The van der Waals surface area contributed by atoms with E-state index in [1.54, 1.807) is 16.6 Å². The smallest absolute Gasteiger partial charge is 0.242 e. The highest BCUT2D eigenvalue weighted by Crippen LogP contribution is 2.35. The van der Waals surface area contributed by atoms with Gasteiger partial charge in [0.25, 0.3) is 0 Å². The fourth-order valence-corrected chi connectivity index (χ4v) is 4.28. The number of fused-ring (bicyclic) bond motifs is 1. The third kappa shape index (κ3) is 4.05. The highest BCUT2D eigenvalue weighted by molar-refractivity contribution is 7.20. The molecule has 1 saturated carbocycles. The Bertz CT molecular complexity index is 980. The Morgan fingerprint density at radius 1 is 1.10 bits per heavy atom. The Morgan fingerprint density at radius 2 is 1.76 bits per heavy atom. The summed E-state index contributed by atoms with van der Waals surface area (Å²) in [6, 6.07) is 6.27. The number of benzene rings is 1. The minimum Gasteiger partial charge on any atom is -0.343 e. The topological polar surface area (TPSA) is 79.8 Å². The van der Waals surface area contributed by atoms with Crippen molar-refractivity contribution in [2.24, 2.45) is 5.73 Å². The van der Waals surface area contributed by atoms with E-state index in [0.717, 1.165) is 47.3 Å². The lowest BCUT2D eigenvalue weighted by atomic mass is 10.2. The summed E-state index contributed by atoms with van der Waals surface area (Å²) in [6.45, 7) is 2.81. The molecule has 0 spiro atoms. The van der Waals surface area contributed by atoms with Crippen LogP contribution in [0.4, 0.5) is 9.52 Å². The van der Waals surface area contributed by atoms with E-state index < -0.39 is 5.54 Å². The van der Waals surface area contributed by atoms with E-state index in [2.05, 4.69) is 15.0 Å². The number of aromatic nitrogens is 3. The van der Waals surface area contributed by atoms with Crippen molar-refractivity contribution < 1.29 is 9.18 Å². The minimum atomic E-state index is -0.596. The predicted molar refractivity (Wildman–Crippen MR) is 116 cm³/mol. The van der Waals surface area contributed by atoms with Gasteiger partial charge in [-0.3, -0.25) is 4.79 Å². The zero-order chi connectivity index (χ0) is 18.6. The number of hydrogen-bond donors (Lipinski definition) is 1. The molecule has 3 aromatic rings. The number of piperazine rings is 1. The van der Waals surface area contributed by atoms with Crippen LogP contribution in [-0.4, -0.2) is 57.1 Å². The van der Waals surface area contributed by atoms with Crippen molar-refractivity contribution >= 4 is 52.2 Å². The predicted octanol–water partition coefficient (Wildman–Crippen LogP) is 2.58. The van der Waals surface area contributed by atoms with Gasteiger partial charge in [-0.1, -0.05) is 11.3 Å². The third-order valence-corrected chi connectivity index (χ3v) is 6.21. The first-order chi connectivity index (χ1) is 13.0. The van der Waals surface area contributed by atoms with Crippen LogP contribution in [0.5, 0.6) is 0 Å². The van der Waals surface area contributed by atoms with Gasteiger partial charge in [-0.2, -0.15) is 0 Å². The van der Waals surface area contributed by atoms with Crippen molar-refractivity contribution in [3.8, 4) is 11.3 Å². The van der Waals surface area contributed by atoms with Crippen LogP contribution in [0.15, 0.2) is 30.5 Å². The number of hydrogen-bond acceptors (Lipinski definition) is 6. The number of nitrogens with two attached hydrogens (primary N) is 1. The summed E-state index contributed by atoms with van der Waals surface area (Å²) < 4.78 is 14.8. The summed E-state index contributed by atoms with van der Waals surface area (Å²) >= 11 is 1.51. The van der Waals surface area contributed by atoms with Crippen molar-refractivity contribution in [1.82, 2.24) is 19.5 Å². The maximum absolute atomic E-state index is 13.1. The second-order valence-corrected chi connectivity index (χ2v) is 8.11. The number of carbonyl (C=O) groups is 1. The Labute approximate surface area is 183 Å². The Hall–Kier alpha value is -1.94. The summed E-state index contributed by atoms with van der Waals surface area (Å²) in [4.78, 5) is 21.8. The largest absolute Gasteiger partial charge is 0.343 e. The van der Waals surface area contributed by atoms with E-state index in [4.69, 9.17) is 5.73 Å². The molecule has 0 unspecified atom stereocenters. The lowest BCUT2D eigenvalue weighted by Crippen LogP contribution is -2.54. The van der Waals surface area contributed by atoms with Gasteiger partial charge in [0.15, 0.2) is 0 Å². The molecule has 1 amide bonds. The Morgan fingerprint density at radius 3 is 2.34 bits per heavy atom. The van der Waals surface area contributed by atoms with E-state index in [1.807, 2.05) is 11.1 Å². The molecule has 3 heterocycles. The van der Waals surface area contributed by atoms with E-state index in [1.165, 1.54) is 23.5 Å². The van der Waals surface area contributed by atoms with Gasteiger partial charge in [0.2, 0.25) is 16.0 Å². The second kappa shape index (κ2) is 8.06. The Kier molecular flexibility index (Phi) is 6.05. The molecule has 5 rings (SSSR count). The summed E-state index contributed by atoms with van der Waals surface area (Å²) in [5.74, 6) is -0.180. The number of amides is 1. The van der Waals surface area contributed by atoms with Crippen LogP contribution in [0, 0.1) is 5.82 Å². The Balaban J connectivity index is 0.00000120. The average molecular weight is 459 g/mol. The van der Waals surface area contributed by atoms with Gasteiger partial charge >= 0.3 is 0 Å². The first-order valence-corrected chi connectivity index (χ1v) is 9.79. The third-order valence-electron chi connectivity index (χ3n) is 5.22. The molecule has 2 fully saturated rings. The minimum absolute atomic E-state index is 0. The molecule has 2 N–H and O–H groups in total. The molecule has 29 heavy (non-hydrogen) atoms. The first kappa shape index (κ1) is 21.8. The lowest BCUT2D eigenvalue weighted by Gasteiger charge is -2.35. The summed E-state index contributed by atoms with van der Waals surface area (Å²) in [6.07, 6.45) is 3.45. The number of anilines is 1. The standard InChI is InChI=1S/C18H19FN6OS.2ClH/c19-13-3-1-12(2-4-13)14-11-25-16(21-14)27-17(22-25)24-9-7-23(8-10-24)15(26)18(20)5-6-18;;/h1-4,11H,5-10,20H2;2*1H. The van der Waals surface area contributed by atoms with E-state index in [-0.39, 0.29) is 36.5 Å². The zero-order valence-corrected chi connectivity index (χ0v) is 17.9. The molecule has 7 nitrogen and oxygen atoms in total. The molecule has 156 valence electrons. The zero-order valence-electron chi connectivity index (χ0n) is 15.5. The molecule has 0 atom stereocenters. The maximum atomic E-state index is 13.1. The number of rotatable bonds is 3. The molecular weight excluding hydrogens is 438 g/mol. The molecule has 2 aromatic heterocycles. The fraction of sp³-hybridized carbons (Fsp3) is 0.389. The van der Waals surface area contributed by atoms with Crippen LogP contribution < -0.4 is 10.6 Å². The fourth-order valence-electron chi connectivity index (χ4n) is 3.34. The molecule has 1 saturated heterocycles. The van der Waals surface area contributed by atoms with Crippen molar-refractivity contribution in [3.05, 3.63) is 36.3 Å². The molecule has 1 aliphatic heterocycles. The van der Waals surface area contributed by atoms with Crippen LogP contribution in [0.3, 0.4) is 0 Å². The second-order valence-electron chi connectivity index (χ2n) is 7.18. The van der Waals surface area contributed by atoms with Crippen molar-refractivity contribution in [2.75, 3.05) is 31.1 Å². The molecule has 1 aromatic carbocycles. The van der Waals surface area contributed by atoms with E-state index in [9.17, 15) is 9.18 Å². The highest BCUT2D eigenvalue weighted by atomic mass is 35.5. The quantitative estimate of drug-likeness (QED) is 0.652. The first-order valence-electron chi connectivity index (χ1n) is 8.97. The maximum Gasteiger partial charge on any atom is 0.242 e. The summed E-state index contributed by atoms with van der Waals surface area (Å²) in [5, 5.41) is 5.52. The SMILES string of the molecule is Cl.Cl.NC1(C(=O)N2CCN(c3nn4cc(-c5ccc(F)cc5)nc4s3)CC2)CC1. The van der Waals surface area contributed by atoms with Crippen LogP contribution >= 0.6 is 36.2 Å². The molecule has 1 aliphatic carbocycles. The van der Waals surface area contributed by atoms with Crippen molar-refractivity contribution in [2.45, 2.75) is 18.4 Å². The van der Waals surface area contributed by atoms with E-state index >= 15 is 0 Å². The number of nitrogens with zero attached hydrogens (tertiary/aromatic N) is 5. The van der Waals surface area contributed by atoms with Crippen LogP contribution in [-0.2, 0) is 4.79 Å². The lowest BCUT2D eigenvalue weighted by molar-refractivity contribution is -0.133. The van der Waals surface area contributed by atoms with Gasteiger partial charge in [-0.05, 0) is 37.1 Å². The normalized spacial score (nSPS) is 17.6. The number of halogens is 3. The van der Waals surface area contributed by atoms with Gasteiger partial charge in [0.1, 0.15) is 5.82 Å². The molecule has 11 heteroatoms. The van der Waals surface area contributed by atoms with Gasteiger partial charge in [0.05, 0.1) is 17.4 Å². The number of carbonyl (C=O) groups excluding carboxylic acids is 1. The number of imidazole rings is 1. The summed E-state index contributed by atoms with van der Waals surface area (Å²) in [5.41, 5.74) is 7.06. The van der Waals surface area contributed by atoms with Gasteiger partial charge in [-0.25, -0.2) is 13.9 Å². The van der Waals surface area contributed by atoms with Gasteiger partial charge in [0, 0.05) is 31.7 Å². The van der Waals surface area contributed by atoms with Crippen LogP contribution in [0.2, 0.25) is 0 Å². The van der Waals surface area contributed by atoms with Crippen LogP contribution in [0.1, 0.15) is 12.8 Å². The average Bonchev–Trinajstić information content (AvgIpc) is 3.12. The molecule has 2 aliphatic rings.